The lowest BCUT2D eigenvalue weighted by molar-refractivity contribution is 0.303. The molecule has 0 radical (unpaired) electrons. The predicted molar refractivity (Wildman–Crippen MR) is 119 cm³/mol. The molecule has 0 atom stereocenters. The van der Waals surface area contributed by atoms with E-state index < -0.39 is 10.1 Å². The molecule has 1 heterocycles. The third-order valence-corrected chi connectivity index (χ3v) is 7.18. The first-order valence-electron chi connectivity index (χ1n) is 10.2. The number of rotatable bonds is 5. The van der Waals surface area contributed by atoms with Crippen LogP contribution in [0.5, 0.6) is 0 Å². The van der Waals surface area contributed by atoms with Gasteiger partial charge in [0.25, 0.3) is 10.1 Å². The third kappa shape index (κ3) is 3.24. The average Bonchev–Trinajstić information content (AvgIpc) is 3.08. The van der Waals surface area contributed by atoms with Gasteiger partial charge in [0.15, 0.2) is 0 Å². The smallest absolute Gasteiger partial charge is 0.297 e. The van der Waals surface area contributed by atoms with E-state index in [0.717, 1.165) is 23.9 Å². The highest BCUT2D eigenvalue weighted by molar-refractivity contribution is 7.86. The monoisotopic (exact) mass is 417 g/mol. The molecule has 0 fully saturated rings. The molecule has 0 N–H and O–H groups in total. The Labute approximate surface area is 176 Å². The molecule has 5 heteroatoms. The maximum absolute atomic E-state index is 12.6. The predicted octanol–water partition coefficient (Wildman–Crippen LogP) is 5.12. The van der Waals surface area contributed by atoms with Crippen molar-refractivity contribution in [1.29, 1.82) is 0 Å². The first-order chi connectivity index (χ1) is 14.5. The number of benzene rings is 3. The fourth-order valence-electron chi connectivity index (χ4n) is 4.41. The summed E-state index contributed by atoms with van der Waals surface area (Å²) in [4.78, 5) is 0.192. The molecule has 0 saturated carbocycles. The first-order valence-corrected chi connectivity index (χ1v) is 11.6. The van der Waals surface area contributed by atoms with Crippen LogP contribution in [0.3, 0.4) is 0 Å². The van der Waals surface area contributed by atoms with E-state index in [9.17, 15) is 8.42 Å². The summed E-state index contributed by atoms with van der Waals surface area (Å²) < 4.78 is 32.8. The zero-order valence-electron chi connectivity index (χ0n) is 16.8. The first kappa shape index (κ1) is 19.1. The van der Waals surface area contributed by atoms with Crippen LogP contribution < -0.4 is 0 Å². The van der Waals surface area contributed by atoms with Gasteiger partial charge in [-0.3, -0.25) is 4.18 Å². The number of fused-ring (bicyclic) bond motifs is 5. The van der Waals surface area contributed by atoms with Crippen molar-refractivity contribution in [3.8, 4) is 11.3 Å². The molecular weight excluding hydrogens is 394 g/mol. The van der Waals surface area contributed by atoms with Gasteiger partial charge in [0.2, 0.25) is 0 Å². The van der Waals surface area contributed by atoms with Crippen molar-refractivity contribution in [2.75, 3.05) is 6.61 Å². The van der Waals surface area contributed by atoms with E-state index >= 15 is 0 Å². The van der Waals surface area contributed by atoms with Gasteiger partial charge >= 0.3 is 0 Å². The van der Waals surface area contributed by atoms with Crippen LogP contribution in [0.25, 0.3) is 22.2 Å². The normalized spacial score (nSPS) is 13.2. The lowest BCUT2D eigenvalue weighted by Crippen LogP contribution is -2.14. The van der Waals surface area contributed by atoms with Gasteiger partial charge in [0, 0.05) is 23.0 Å². The molecule has 5 rings (SSSR count). The zero-order valence-corrected chi connectivity index (χ0v) is 17.7. The summed E-state index contributed by atoms with van der Waals surface area (Å²) in [6.45, 7) is 2.48. The molecule has 4 aromatic rings. The van der Waals surface area contributed by atoms with Crippen molar-refractivity contribution >= 4 is 21.0 Å². The van der Waals surface area contributed by atoms with Gasteiger partial charge in [-0.2, -0.15) is 8.42 Å². The van der Waals surface area contributed by atoms with Crippen molar-refractivity contribution in [2.24, 2.45) is 0 Å². The van der Waals surface area contributed by atoms with Crippen LogP contribution in [0.2, 0.25) is 0 Å². The molecule has 4 nitrogen and oxygen atoms in total. The fraction of sp³-hybridized carbons (Fsp3) is 0.200. The van der Waals surface area contributed by atoms with Crippen LogP contribution in [0.1, 0.15) is 16.7 Å². The molecule has 3 aromatic carbocycles. The molecule has 1 aliphatic rings. The standard InChI is InChI=1S/C25H23NO3S/c1-18-10-13-20(14-11-18)30(27,28)29-17-16-26-24-9-5-4-8-22(24)23-15-12-19-6-2-3-7-21(19)25(23)26/h2-11,13-14H,12,15-17H2,1H3. The van der Waals surface area contributed by atoms with Crippen molar-refractivity contribution in [2.45, 2.75) is 31.2 Å². The topological polar surface area (TPSA) is 48.3 Å². The summed E-state index contributed by atoms with van der Waals surface area (Å²) in [5.74, 6) is 0. The molecule has 0 amide bonds. The maximum atomic E-state index is 12.6. The van der Waals surface area contributed by atoms with Gasteiger partial charge in [-0.05, 0) is 49.1 Å². The number of aromatic nitrogens is 1. The van der Waals surface area contributed by atoms with Gasteiger partial charge in [-0.15, -0.1) is 0 Å². The minimum atomic E-state index is -3.78. The van der Waals surface area contributed by atoms with E-state index in [0.29, 0.717) is 6.54 Å². The quantitative estimate of drug-likeness (QED) is 0.424. The summed E-state index contributed by atoms with van der Waals surface area (Å²) in [5.41, 5.74) is 7.23. The Hall–Kier alpha value is -2.89. The molecule has 0 bridgehead atoms. The maximum Gasteiger partial charge on any atom is 0.297 e. The van der Waals surface area contributed by atoms with Crippen LogP contribution in [-0.4, -0.2) is 19.6 Å². The highest BCUT2D eigenvalue weighted by Crippen LogP contribution is 2.39. The number of nitrogens with zero attached hydrogens (tertiary/aromatic N) is 1. The van der Waals surface area contributed by atoms with Crippen LogP contribution in [-0.2, 0) is 33.7 Å². The van der Waals surface area contributed by atoms with Crippen molar-refractivity contribution < 1.29 is 12.6 Å². The van der Waals surface area contributed by atoms with Crippen molar-refractivity contribution in [3.05, 3.63) is 89.5 Å². The highest BCUT2D eigenvalue weighted by Gasteiger charge is 2.24. The van der Waals surface area contributed by atoms with E-state index in [1.165, 1.54) is 27.8 Å². The zero-order chi connectivity index (χ0) is 20.7. The Kier molecular flexibility index (Phi) is 4.72. The van der Waals surface area contributed by atoms with Gasteiger partial charge in [-0.25, -0.2) is 0 Å². The lowest BCUT2D eigenvalue weighted by Gasteiger charge is -2.20. The number of hydrogen-bond donors (Lipinski definition) is 0. The minimum absolute atomic E-state index is 0.0868. The summed E-state index contributed by atoms with van der Waals surface area (Å²) >= 11 is 0. The summed E-state index contributed by atoms with van der Waals surface area (Å²) in [6.07, 6.45) is 2.01. The second-order valence-corrected chi connectivity index (χ2v) is 9.36. The Balaban J connectivity index is 1.49. The number of aryl methyl sites for hydroxylation is 3. The number of para-hydroxylation sites is 1. The molecule has 152 valence electrons. The van der Waals surface area contributed by atoms with Gasteiger partial charge < -0.3 is 4.57 Å². The van der Waals surface area contributed by atoms with Crippen LogP contribution >= 0.6 is 0 Å². The van der Waals surface area contributed by atoms with E-state index in [2.05, 4.69) is 47.0 Å². The highest BCUT2D eigenvalue weighted by atomic mass is 32.2. The molecule has 0 saturated heterocycles. The van der Waals surface area contributed by atoms with Crippen LogP contribution in [0, 0.1) is 6.92 Å². The molecule has 0 aliphatic heterocycles. The van der Waals surface area contributed by atoms with Crippen LogP contribution in [0.15, 0.2) is 77.7 Å². The largest absolute Gasteiger partial charge is 0.338 e. The molecule has 1 aliphatic carbocycles. The second kappa shape index (κ2) is 7.42. The Morgan fingerprint density at radius 2 is 1.63 bits per heavy atom. The van der Waals surface area contributed by atoms with Gasteiger partial charge in [0.05, 0.1) is 17.2 Å². The summed E-state index contributed by atoms with van der Waals surface area (Å²) in [7, 11) is -3.78. The van der Waals surface area contributed by atoms with E-state index in [4.69, 9.17) is 4.18 Å². The van der Waals surface area contributed by atoms with Gasteiger partial charge in [0.1, 0.15) is 0 Å². The molecular formula is C25H23NO3S. The van der Waals surface area contributed by atoms with E-state index in [-0.39, 0.29) is 11.5 Å². The fourth-order valence-corrected chi connectivity index (χ4v) is 5.31. The lowest BCUT2D eigenvalue weighted by atomic mass is 9.89. The molecule has 0 spiro atoms. The van der Waals surface area contributed by atoms with Crippen LogP contribution in [0.4, 0.5) is 0 Å². The summed E-state index contributed by atoms with van der Waals surface area (Å²) in [5, 5.41) is 1.24. The third-order valence-electron chi connectivity index (χ3n) is 5.86. The van der Waals surface area contributed by atoms with E-state index in [1.807, 2.05) is 13.0 Å². The summed E-state index contributed by atoms with van der Waals surface area (Å²) in [6, 6.07) is 23.6. The number of hydrogen-bond acceptors (Lipinski definition) is 3. The van der Waals surface area contributed by atoms with E-state index in [1.54, 1.807) is 24.3 Å². The Morgan fingerprint density at radius 3 is 2.47 bits per heavy atom. The Morgan fingerprint density at radius 1 is 0.900 bits per heavy atom. The SMILES string of the molecule is Cc1ccc(S(=O)(=O)OCCn2c3c(c4ccccc42)CCc2ccccc2-3)cc1. The molecule has 0 unspecified atom stereocenters. The second-order valence-electron chi connectivity index (χ2n) is 7.74. The Bertz CT molecular complexity index is 1330. The van der Waals surface area contributed by atoms with Crippen molar-refractivity contribution in [3.63, 3.8) is 0 Å². The van der Waals surface area contributed by atoms with Crippen molar-refractivity contribution in [1.82, 2.24) is 4.57 Å². The average molecular weight is 418 g/mol. The van der Waals surface area contributed by atoms with Gasteiger partial charge in [-0.1, -0.05) is 60.2 Å². The molecule has 1 aromatic heterocycles. The minimum Gasteiger partial charge on any atom is -0.338 e. The molecule has 30 heavy (non-hydrogen) atoms.